The summed E-state index contributed by atoms with van der Waals surface area (Å²) in [7, 11) is 0. The summed E-state index contributed by atoms with van der Waals surface area (Å²) in [6.45, 7) is 1.42. The van der Waals surface area contributed by atoms with Crippen molar-refractivity contribution in [1.29, 1.82) is 0 Å². The van der Waals surface area contributed by atoms with E-state index in [4.69, 9.17) is 0 Å². The number of aromatic nitrogens is 5. The van der Waals surface area contributed by atoms with E-state index in [0.717, 1.165) is 34.4 Å². The monoisotopic (exact) mass is 316 g/mol. The molecule has 118 valence electrons. The highest BCUT2D eigenvalue weighted by atomic mass is 15.3. The Morgan fingerprint density at radius 1 is 0.875 bits per heavy atom. The fraction of sp³-hybridized carbons (Fsp3) is 0.111. The Labute approximate surface area is 139 Å². The van der Waals surface area contributed by atoms with E-state index < -0.39 is 0 Å². The normalized spacial score (nSPS) is 10.8. The molecule has 0 amide bonds. The second kappa shape index (κ2) is 6.45. The van der Waals surface area contributed by atoms with Crippen LogP contribution < -0.4 is 5.32 Å². The van der Waals surface area contributed by atoms with Crippen LogP contribution in [-0.4, -0.2) is 31.5 Å². The zero-order valence-corrected chi connectivity index (χ0v) is 13.0. The molecule has 6 nitrogen and oxygen atoms in total. The van der Waals surface area contributed by atoms with Crippen molar-refractivity contribution in [3.8, 4) is 11.3 Å². The highest BCUT2D eigenvalue weighted by Gasteiger charge is 2.10. The van der Waals surface area contributed by atoms with Crippen LogP contribution in [0.1, 0.15) is 0 Å². The van der Waals surface area contributed by atoms with E-state index in [9.17, 15) is 0 Å². The maximum Gasteiger partial charge on any atom is 0.156 e. The summed E-state index contributed by atoms with van der Waals surface area (Å²) >= 11 is 0. The lowest BCUT2D eigenvalue weighted by atomic mass is 10.0. The van der Waals surface area contributed by atoms with Crippen molar-refractivity contribution in [3.05, 3.63) is 67.3 Å². The molecular weight excluding hydrogens is 300 g/mol. The number of hydrogen-bond donors (Lipinski definition) is 1. The topological polar surface area (TPSA) is 68.5 Å². The Morgan fingerprint density at radius 2 is 1.67 bits per heavy atom. The molecule has 0 saturated carbocycles. The van der Waals surface area contributed by atoms with Crippen LogP contribution in [0.4, 0.5) is 5.82 Å². The van der Waals surface area contributed by atoms with Gasteiger partial charge in [-0.3, -0.25) is 4.68 Å². The van der Waals surface area contributed by atoms with Crippen LogP contribution in [0.5, 0.6) is 0 Å². The molecule has 0 aliphatic heterocycles. The average Bonchev–Trinajstić information content (AvgIpc) is 3.16. The number of nitrogens with zero attached hydrogens (tertiary/aromatic N) is 5. The summed E-state index contributed by atoms with van der Waals surface area (Å²) < 4.78 is 1.78. The molecule has 0 aliphatic carbocycles. The van der Waals surface area contributed by atoms with Gasteiger partial charge < -0.3 is 5.32 Å². The number of benzene rings is 2. The number of rotatable bonds is 5. The minimum absolute atomic E-state index is 0.701. The van der Waals surface area contributed by atoms with Crippen molar-refractivity contribution >= 4 is 16.6 Å². The second-order valence-electron chi connectivity index (χ2n) is 5.39. The van der Waals surface area contributed by atoms with Crippen molar-refractivity contribution < 1.29 is 0 Å². The van der Waals surface area contributed by atoms with Gasteiger partial charge in [-0.1, -0.05) is 54.6 Å². The van der Waals surface area contributed by atoms with Gasteiger partial charge in [0.1, 0.15) is 18.3 Å². The quantitative estimate of drug-likeness (QED) is 0.613. The molecule has 1 N–H and O–H groups in total. The molecule has 0 aliphatic rings. The standard InChI is InChI=1S/C18H16N6/c1-2-6-14(7-3-1)17-15-8-4-5-9-16(15)18(23-22-17)20-10-11-24-13-19-12-21-24/h1-9,12-13H,10-11H2,(H,20,23). The third kappa shape index (κ3) is 2.81. The Bertz CT molecular complexity index is 934. The van der Waals surface area contributed by atoms with E-state index in [0.29, 0.717) is 6.54 Å². The number of anilines is 1. The summed E-state index contributed by atoms with van der Waals surface area (Å²) in [6, 6.07) is 18.3. The fourth-order valence-corrected chi connectivity index (χ4v) is 2.68. The molecule has 2 aromatic heterocycles. The summed E-state index contributed by atoms with van der Waals surface area (Å²) in [5.41, 5.74) is 1.96. The van der Waals surface area contributed by atoms with Crippen LogP contribution in [0.2, 0.25) is 0 Å². The van der Waals surface area contributed by atoms with E-state index in [1.807, 2.05) is 42.5 Å². The van der Waals surface area contributed by atoms with Gasteiger partial charge in [-0.05, 0) is 0 Å². The first-order chi connectivity index (χ1) is 11.9. The van der Waals surface area contributed by atoms with Crippen molar-refractivity contribution in [2.24, 2.45) is 0 Å². The first-order valence-corrected chi connectivity index (χ1v) is 7.79. The van der Waals surface area contributed by atoms with Gasteiger partial charge in [-0.2, -0.15) is 5.10 Å². The average molecular weight is 316 g/mol. The molecule has 0 spiro atoms. The zero-order valence-electron chi connectivity index (χ0n) is 13.0. The molecule has 4 rings (SSSR count). The SMILES string of the molecule is c1ccc(-c2nnc(NCCn3cncn3)c3ccccc23)cc1. The lowest BCUT2D eigenvalue weighted by molar-refractivity contribution is 0.635. The van der Waals surface area contributed by atoms with Gasteiger partial charge in [0.25, 0.3) is 0 Å². The molecule has 0 fully saturated rings. The lowest BCUT2D eigenvalue weighted by Gasteiger charge is -2.11. The largest absolute Gasteiger partial charge is 0.366 e. The predicted octanol–water partition coefficient (Wildman–Crippen LogP) is 3.00. The van der Waals surface area contributed by atoms with Crippen molar-refractivity contribution in [2.75, 3.05) is 11.9 Å². The number of hydrogen-bond acceptors (Lipinski definition) is 5. The first kappa shape index (κ1) is 14.3. The third-order valence-corrected chi connectivity index (χ3v) is 3.83. The van der Waals surface area contributed by atoms with Crippen LogP contribution in [0, 0.1) is 0 Å². The molecule has 0 unspecified atom stereocenters. The van der Waals surface area contributed by atoms with Gasteiger partial charge >= 0.3 is 0 Å². The molecule has 0 atom stereocenters. The predicted molar refractivity (Wildman–Crippen MR) is 93.5 cm³/mol. The van der Waals surface area contributed by atoms with E-state index in [1.54, 1.807) is 11.0 Å². The van der Waals surface area contributed by atoms with Gasteiger partial charge in [0, 0.05) is 22.9 Å². The smallest absolute Gasteiger partial charge is 0.156 e. The zero-order chi connectivity index (χ0) is 16.2. The summed E-state index contributed by atoms with van der Waals surface area (Å²) in [4.78, 5) is 3.94. The van der Waals surface area contributed by atoms with Gasteiger partial charge in [0.15, 0.2) is 5.82 Å². The summed E-state index contributed by atoms with van der Waals surface area (Å²) in [5.74, 6) is 0.783. The minimum Gasteiger partial charge on any atom is -0.366 e. The molecule has 4 aromatic rings. The van der Waals surface area contributed by atoms with E-state index in [2.05, 4.69) is 37.7 Å². The Morgan fingerprint density at radius 3 is 2.46 bits per heavy atom. The van der Waals surface area contributed by atoms with Gasteiger partial charge in [-0.15, -0.1) is 10.2 Å². The molecule has 2 heterocycles. The molecule has 0 bridgehead atoms. The van der Waals surface area contributed by atoms with Crippen molar-refractivity contribution in [1.82, 2.24) is 25.0 Å². The molecule has 0 saturated heterocycles. The van der Waals surface area contributed by atoms with Crippen LogP contribution in [0.15, 0.2) is 67.3 Å². The number of nitrogens with one attached hydrogen (secondary N) is 1. The first-order valence-electron chi connectivity index (χ1n) is 7.79. The summed E-state index contributed by atoms with van der Waals surface area (Å²) in [6.07, 6.45) is 3.23. The fourth-order valence-electron chi connectivity index (χ4n) is 2.68. The van der Waals surface area contributed by atoms with Crippen molar-refractivity contribution in [3.63, 3.8) is 0 Å². The Kier molecular flexibility index (Phi) is 3.85. The molecule has 0 radical (unpaired) electrons. The molecule has 2 aromatic carbocycles. The highest BCUT2D eigenvalue weighted by Crippen LogP contribution is 2.29. The van der Waals surface area contributed by atoms with Crippen LogP contribution >= 0.6 is 0 Å². The maximum absolute atomic E-state index is 4.45. The minimum atomic E-state index is 0.701. The van der Waals surface area contributed by atoms with E-state index in [-0.39, 0.29) is 0 Å². The number of fused-ring (bicyclic) bond motifs is 1. The summed E-state index contributed by atoms with van der Waals surface area (Å²) in [5, 5.41) is 18.4. The van der Waals surface area contributed by atoms with Crippen LogP contribution in [0.3, 0.4) is 0 Å². The third-order valence-electron chi connectivity index (χ3n) is 3.83. The highest BCUT2D eigenvalue weighted by molar-refractivity contribution is 5.99. The van der Waals surface area contributed by atoms with Gasteiger partial charge in [-0.25, -0.2) is 4.98 Å². The maximum atomic E-state index is 4.45. The second-order valence-corrected chi connectivity index (χ2v) is 5.39. The van der Waals surface area contributed by atoms with Gasteiger partial charge in [0.05, 0.1) is 6.54 Å². The lowest BCUT2D eigenvalue weighted by Crippen LogP contribution is -2.12. The van der Waals surface area contributed by atoms with Crippen LogP contribution in [0.25, 0.3) is 22.0 Å². The Balaban J connectivity index is 1.65. The van der Waals surface area contributed by atoms with E-state index in [1.165, 1.54) is 6.33 Å². The Hall–Kier alpha value is -3.28. The van der Waals surface area contributed by atoms with E-state index >= 15 is 0 Å². The van der Waals surface area contributed by atoms with Crippen molar-refractivity contribution in [2.45, 2.75) is 6.54 Å². The molecule has 6 heteroatoms. The molecule has 24 heavy (non-hydrogen) atoms. The van der Waals surface area contributed by atoms with Gasteiger partial charge in [0.2, 0.25) is 0 Å². The van der Waals surface area contributed by atoms with Crippen LogP contribution in [-0.2, 0) is 6.54 Å². The molecular formula is C18H16N6.